The summed E-state index contributed by atoms with van der Waals surface area (Å²) in [7, 11) is 3.94. The van der Waals surface area contributed by atoms with E-state index in [4.69, 9.17) is 4.74 Å². The number of aliphatic hydroxyl groups excluding tert-OH is 1. The lowest BCUT2D eigenvalue weighted by molar-refractivity contribution is -0.139. The smallest absolute Gasteiger partial charge is 0.295 e. The molecule has 1 fully saturated rings. The van der Waals surface area contributed by atoms with Crippen LogP contribution in [0.3, 0.4) is 0 Å². The van der Waals surface area contributed by atoms with E-state index in [1.54, 1.807) is 11.0 Å². The number of likely N-dealkylation sites (tertiary alicyclic amines) is 1. The number of ketones is 1. The highest BCUT2D eigenvalue weighted by molar-refractivity contribution is 9.10. The first-order valence-corrected chi connectivity index (χ1v) is 11.5. The van der Waals surface area contributed by atoms with Gasteiger partial charge in [0, 0.05) is 23.0 Å². The van der Waals surface area contributed by atoms with Gasteiger partial charge in [-0.2, -0.15) is 0 Å². The molecule has 7 heteroatoms. The molecule has 2 aromatic carbocycles. The summed E-state index contributed by atoms with van der Waals surface area (Å²) in [6.45, 7) is 3.20. The summed E-state index contributed by atoms with van der Waals surface area (Å²) in [5.74, 6) is -0.580. The molecule has 4 rings (SSSR count). The number of hydrogen-bond donors (Lipinski definition) is 1. The maximum absolute atomic E-state index is 13.1. The zero-order chi connectivity index (χ0) is 23.0. The number of aliphatic hydroxyl groups is 1. The van der Waals surface area contributed by atoms with Gasteiger partial charge in [0.25, 0.3) is 11.7 Å². The minimum Gasteiger partial charge on any atom is -0.507 e. The van der Waals surface area contributed by atoms with Gasteiger partial charge in [0.1, 0.15) is 17.6 Å². The second-order valence-electron chi connectivity index (χ2n) is 8.66. The normalized spacial score (nSPS) is 21.8. The Labute approximate surface area is 196 Å². The van der Waals surface area contributed by atoms with Crippen LogP contribution in [0.5, 0.6) is 5.75 Å². The first-order chi connectivity index (χ1) is 15.3. The molecule has 2 heterocycles. The van der Waals surface area contributed by atoms with Crippen molar-refractivity contribution in [3.8, 4) is 5.75 Å². The monoisotopic (exact) mass is 498 g/mol. The van der Waals surface area contributed by atoms with Gasteiger partial charge in [0.15, 0.2) is 0 Å². The molecular weight excluding hydrogens is 472 g/mol. The second-order valence-corrected chi connectivity index (χ2v) is 9.58. The molecule has 32 heavy (non-hydrogen) atoms. The lowest BCUT2D eigenvalue weighted by Gasteiger charge is -2.26. The Hall–Kier alpha value is -2.64. The average Bonchev–Trinajstić information content (AvgIpc) is 3.24. The first kappa shape index (κ1) is 22.6. The molecule has 0 spiro atoms. The summed E-state index contributed by atoms with van der Waals surface area (Å²) in [6, 6.07) is 12.3. The van der Waals surface area contributed by atoms with Crippen molar-refractivity contribution in [1.82, 2.24) is 9.80 Å². The minimum absolute atomic E-state index is 0.0753. The maximum Gasteiger partial charge on any atom is 0.295 e. The van der Waals surface area contributed by atoms with E-state index < -0.39 is 17.7 Å². The average molecular weight is 499 g/mol. The number of hydrogen-bond acceptors (Lipinski definition) is 5. The lowest BCUT2D eigenvalue weighted by atomic mass is 9.94. The number of nitrogens with zero attached hydrogens (tertiary/aromatic N) is 2. The van der Waals surface area contributed by atoms with Crippen LogP contribution < -0.4 is 4.74 Å². The number of fused-ring (bicyclic) bond motifs is 1. The highest BCUT2D eigenvalue weighted by Gasteiger charge is 2.45. The molecule has 1 amide bonds. The molecule has 0 radical (unpaired) electrons. The van der Waals surface area contributed by atoms with Crippen LogP contribution in [0.2, 0.25) is 0 Å². The SMILES string of the molecule is CC1Cc2cc(/C(O)=C3\C(=O)C(=O)N(CCCN(C)C)C3c3cccc(Br)c3)ccc2O1. The Kier molecular flexibility index (Phi) is 6.40. The van der Waals surface area contributed by atoms with Crippen LogP contribution in [0.1, 0.15) is 36.1 Å². The van der Waals surface area contributed by atoms with Crippen LogP contribution in [-0.2, 0) is 16.0 Å². The van der Waals surface area contributed by atoms with E-state index in [2.05, 4.69) is 15.9 Å². The van der Waals surface area contributed by atoms with Crippen LogP contribution in [-0.4, -0.2) is 59.9 Å². The minimum atomic E-state index is -0.651. The van der Waals surface area contributed by atoms with E-state index in [0.29, 0.717) is 12.1 Å². The van der Waals surface area contributed by atoms with Crippen molar-refractivity contribution in [2.75, 3.05) is 27.2 Å². The number of carbonyl (C=O) groups excluding carboxylic acids is 2. The van der Waals surface area contributed by atoms with Gasteiger partial charge in [-0.1, -0.05) is 28.1 Å². The zero-order valence-electron chi connectivity index (χ0n) is 18.5. The summed E-state index contributed by atoms with van der Waals surface area (Å²) in [4.78, 5) is 29.8. The number of halogens is 1. The summed E-state index contributed by atoms with van der Waals surface area (Å²) in [5.41, 5.74) is 2.42. The molecular formula is C25H27BrN2O4. The molecule has 2 atom stereocenters. The fraction of sp³-hybridized carbons (Fsp3) is 0.360. The quantitative estimate of drug-likeness (QED) is 0.368. The fourth-order valence-electron chi connectivity index (χ4n) is 4.42. The van der Waals surface area contributed by atoms with Crippen molar-refractivity contribution in [1.29, 1.82) is 0 Å². The van der Waals surface area contributed by atoms with E-state index in [9.17, 15) is 14.7 Å². The van der Waals surface area contributed by atoms with Gasteiger partial charge in [0.05, 0.1) is 11.6 Å². The summed E-state index contributed by atoms with van der Waals surface area (Å²) in [5, 5.41) is 11.3. The van der Waals surface area contributed by atoms with E-state index in [1.165, 1.54) is 0 Å². The molecule has 6 nitrogen and oxygen atoms in total. The number of Topliss-reactive ketones (excluding diaryl/α,β-unsaturated/α-hetero) is 1. The van der Waals surface area contributed by atoms with Crippen molar-refractivity contribution in [3.05, 3.63) is 69.2 Å². The summed E-state index contributed by atoms with van der Waals surface area (Å²) in [6.07, 6.45) is 1.54. The molecule has 168 valence electrons. The molecule has 2 aliphatic rings. The van der Waals surface area contributed by atoms with Crippen molar-refractivity contribution < 1.29 is 19.4 Å². The molecule has 1 saturated heterocycles. The predicted molar refractivity (Wildman–Crippen MR) is 127 cm³/mol. The van der Waals surface area contributed by atoms with Gasteiger partial charge in [-0.3, -0.25) is 9.59 Å². The van der Waals surface area contributed by atoms with Crippen LogP contribution in [0.15, 0.2) is 52.5 Å². The zero-order valence-corrected chi connectivity index (χ0v) is 20.1. The third kappa shape index (κ3) is 4.32. The summed E-state index contributed by atoms with van der Waals surface area (Å²) >= 11 is 3.48. The fourth-order valence-corrected chi connectivity index (χ4v) is 4.83. The maximum atomic E-state index is 13.1. The van der Waals surface area contributed by atoms with Crippen LogP contribution >= 0.6 is 15.9 Å². The molecule has 0 aromatic heterocycles. The lowest BCUT2D eigenvalue weighted by Crippen LogP contribution is -2.32. The highest BCUT2D eigenvalue weighted by Crippen LogP contribution is 2.41. The van der Waals surface area contributed by atoms with E-state index >= 15 is 0 Å². The summed E-state index contributed by atoms with van der Waals surface area (Å²) < 4.78 is 6.60. The van der Waals surface area contributed by atoms with Gasteiger partial charge >= 0.3 is 0 Å². The Morgan fingerprint density at radius 3 is 2.72 bits per heavy atom. The third-order valence-electron chi connectivity index (χ3n) is 5.88. The number of carbonyl (C=O) groups is 2. The van der Waals surface area contributed by atoms with Crippen molar-refractivity contribution >= 4 is 33.4 Å². The largest absolute Gasteiger partial charge is 0.507 e. The molecule has 0 saturated carbocycles. The van der Waals surface area contributed by atoms with Crippen LogP contribution in [0, 0.1) is 0 Å². The number of amides is 1. The van der Waals surface area contributed by atoms with Gasteiger partial charge in [-0.05, 0) is 75.4 Å². The van der Waals surface area contributed by atoms with Crippen molar-refractivity contribution in [2.24, 2.45) is 0 Å². The molecule has 2 aliphatic heterocycles. The molecule has 0 aliphatic carbocycles. The molecule has 0 bridgehead atoms. The predicted octanol–water partition coefficient (Wildman–Crippen LogP) is 4.15. The van der Waals surface area contributed by atoms with Gasteiger partial charge < -0.3 is 19.6 Å². The van der Waals surface area contributed by atoms with Crippen LogP contribution in [0.25, 0.3) is 5.76 Å². The highest BCUT2D eigenvalue weighted by atomic mass is 79.9. The van der Waals surface area contributed by atoms with E-state index in [1.807, 2.05) is 62.3 Å². The Bertz CT molecular complexity index is 1100. The standard InChI is InChI=1S/C25H27BrN2O4/c1-15-12-18-13-17(8-9-20(18)32-15)23(29)21-22(16-6-4-7-19(26)14-16)28(25(31)24(21)30)11-5-10-27(2)3/h4,6-9,13-15,22,29H,5,10-12H2,1-3H3/b23-21+. The van der Waals surface area contributed by atoms with E-state index in [-0.39, 0.29) is 17.4 Å². The van der Waals surface area contributed by atoms with Crippen molar-refractivity contribution in [2.45, 2.75) is 31.9 Å². The number of ether oxygens (including phenoxy) is 1. The Balaban J connectivity index is 1.78. The first-order valence-electron chi connectivity index (χ1n) is 10.7. The van der Waals surface area contributed by atoms with E-state index in [0.717, 1.165) is 40.7 Å². The number of rotatable bonds is 6. The Morgan fingerprint density at radius 1 is 1.22 bits per heavy atom. The topological polar surface area (TPSA) is 70.1 Å². The Morgan fingerprint density at radius 2 is 2.00 bits per heavy atom. The van der Waals surface area contributed by atoms with Gasteiger partial charge in [-0.15, -0.1) is 0 Å². The molecule has 1 N–H and O–H groups in total. The van der Waals surface area contributed by atoms with Crippen molar-refractivity contribution in [3.63, 3.8) is 0 Å². The van der Waals surface area contributed by atoms with Gasteiger partial charge in [-0.25, -0.2) is 0 Å². The second kappa shape index (κ2) is 9.08. The van der Waals surface area contributed by atoms with Crippen LogP contribution in [0.4, 0.5) is 0 Å². The molecule has 2 aromatic rings. The third-order valence-corrected chi connectivity index (χ3v) is 6.37. The molecule has 2 unspecified atom stereocenters. The number of benzene rings is 2. The van der Waals surface area contributed by atoms with Gasteiger partial charge in [0.2, 0.25) is 0 Å².